The van der Waals surface area contributed by atoms with Crippen LogP contribution in [-0.2, 0) is 4.79 Å². The summed E-state index contributed by atoms with van der Waals surface area (Å²) in [4.78, 5) is 28.4. The minimum atomic E-state index is -0.785. The molecule has 8 heteroatoms. The zero-order chi connectivity index (χ0) is 23.3. The van der Waals surface area contributed by atoms with Crippen LogP contribution < -0.4 is 4.74 Å². The third-order valence-corrected chi connectivity index (χ3v) is 6.62. The number of aliphatic hydroxyl groups excluding tert-OH is 1. The van der Waals surface area contributed by atoms with E-state index in [9.17, 15) is 19.8 Å². The molecule has 0 bridgehead atoms. The van der Waals surface area contributed by atoms with Crippen LogP contribution in [0.25, 0.3) is 11.0 Å². The first-order valence-electron chi connectivity index (χ1n) is 10.8. The van der Waals surface area contributed by atoms with Gasteiger partial charge in [0.05, 0.1) is 18.7 Å². The number of phenolic OH excluding ortho intramolecular Hbond substituents is 1. The van der Waals surface area contributed by atoms with E-state index in [1.807, 2.05) is 0 Å². The zero-order valence-corrected chi connectivity index (χ0v) is 18.6. The number of amides is 1. The molecule has 1 saturated carbocycles. The first-order valence-corrected chi connectivity index (χ1v) is 11.1. The number of rotatable bonds is 5. The lowest BCUT2D eigenvalue weighted by Crippen LogP contribution is -2.38. The van der Waals surface area contributed by atoms with Crippen molar-refractivity contribution < 1.29 is 29.0 Å². The molecule has 1 aliphatic heterocycles. The summed E-state index contributed by atoms with van der Waals surface area (Å²) in [5.41, 5.74) is 0.933. The number of carbonyl (C=O) groups is 2. The molecule has 2 aromatic carbocycles. The van der Waals surface area contributed by atoms with Gasteiger partial charge in [-0.3, -0.25) is 9.59 Å². The van der Waals surface area contributed by atoms with Crippen LogP contribution in [0.1, 0.15) is 47.8 Å². The molecular formula is C25H22ClNO6. The topological polar surface area (TPSA) is 100 Å². The van der Waals surface area contributed by atoms with E-state index in [-0.39, 0.29) is 23.1 Å². The van der Waals surface area contributed by atoms with Crippen LogP contribution in [0.2, 0.25) is 5.02 Å². The Morgan fingerprint density at radius 1 is 1.12 bits per heavy atom. The Kier molecular flexibility index (Phi) is 5.29. The van der Waals surface area contributed by atoms with Gasteiger partial charge in [0, 0.05) is 22.5 Å². The molecule has 1 amide bonds. The minimum absolute atomic E-state index is 0.0306. The van der Waals surface area contributed by atoms with Crippen molar-refractivity contribution in [1.82, 2.24) is 4.90 Å². The molecule has 2 heterocycles. The Balaban J connectivity index is 1.62. The normalized spacial score (nSPS) is 19.2. The monoisotopic (exact) mass is 467 g/mol. The summed E-state index contributed by atoms with van der Waals surface area (Å²) in [7, 11) is 1.47. The number of hydrogen-bond acceptors (Lipinski definition) is 6. The number of nitrogens with zero attached hydrogens (tertiary/aromatic N) is 1. The fraction of sp³-hybridized carbons (Fsp3) is 0.280. The maximum atomic E-state index is 13.7. The average molecular weight is 468 g/mol. The first-order chi connectivity index (χ1) is 15.9. The number of ether oxygens (including phenoxy) is 1. The highest BCUT2D eigenvalue weighted by Gasteiger charge is 2.47. The second-order valence-corrected chi connectivity index (χ2v) is 8.81. The van der Waals surface area contributed by atoms with Gasteiger partial charge < -0.3 is 24.3 Å². The molecule has 2 N–H and O–H groups in total. The number of halogens is 1. The fourth-order valence-electron chi connectivity index (χ4n) is 4.88. The lowest BCUT2D eigenvalue weighted by Gasteiger charge is -2.32. The average Bonchev–Trinajstić information content (AvgIpc) is 3.52. The molecule has 5 rings (SSSR count). The Hall–Kier alpha value is -3.45. The number of hydrogen-bond donors (Lipinski definition) is 2. The van der Waals surface area contributed by atoms with E-state index in [2.05, 4.69) is 0 Å². The van der Waals surface area contributed by atoms with E-state index in [1.54, 1.807) is 29.2 Å². The van der Waals surface area contributed by atoms with Crippen molar-refractivity contribution in [2.75, 3.05) is 7.11 Å². The van der Waals surface area contributed by atoms with E-state index in [1.165, 1.54) is 25.3 Å². The number of methoxy groups -OCH3 is 1. The number of carbonyl (C=O) groups excluding carboxylic acids is 2. The van der Waals surface area contributed by atoms with E-state index in [4.69, 9.17) is 20.8 Å². The predicted molar refractivity (Wildman–Crippen MR) is 122 cm³/mol. The largest absolute Gasteiger partial charge is 0.508 e. The van der Waals surface area contributed by atoms with Gasteiger partial charge in [0.15, 0.2) is 22.9 Å². The van der Waals surface area contributed by atoms with E-state index in [0.717, 1.165) is 25.7 Å². The highest BCUT2D eigenvalue weighted by atomic mass is 35.5. The minimum Gasteiger partial charge on any atom is -0.508 e. The summed E-state index contributed by atoms with van der Waals surface area (Å²) in [6, 6.07) is 10.2. The van der Waals surface area contributed by atoms with Crippen LogP contribution in [0.5, 0.6) is 11.5 Å². The van der Waals surface area contributed by atoms with Gasteiger partial charge in [-0.25, -0.2) is 0 Å². The Morgan fingerprint density at radius 3 is 2.48 bits per heavy atom. The van der Waals surface area contributed by atoms with E-state index < -0.39 is 23.5 Å². The molecule has 1 aromatic heterocycles. The Bertz CT molecular complexity index is 1290. The molecule has 1 unspecified atom stereocenters. The van der Waals surface area contributed by atoms with E-state index >= 15 is 0 Å². The van der Waals surface area contributed by atoms with Gasteiger partial charge in [-0.2, -0.15) is 0 Å². The number of aromatic hydroxyl groups is 1. The molecule has 1 aliphatic carbocycles. The lowest BCUT2D eigenvalue weighted by molar-refractivity contribution is -0.131. The van der Waals surface area contributed by atoms with Gasteiger partial charge >= 0.3 is 0 Å². The summed E-state index contributed by atoms with van der Waals surface area (Å²) >= 11 is 6.14. The highest BCUT2D eigenvalue weighted by Crippen LogP contribution is 2.44. The van der Waals surface area contributed by atoms with Gasteiger partial charge in [0.1, 0.15) is 5.75 Å². The summed E-state index contributed by atoms with van der Waals surface area (Å²) in [5.74, 6) is -1.32. The molecule has 3 aromatic rings. The number of aliphatic hydroxyl groups is 1. The number of benzene rings is 2. The third kappa shape index (κ3) is 3.53. The number of furan rings is 1. The van der Waals surface area contributed by atoms with Crippen molar-refractivity contribution in [3.63, 3.8) is 0 Å². The molecule has 2 aliphatic rings. The molecule has 0 spiro atoms. The summed E-state index contributed by atoms with van der Waals surface area (Å²) in [6.07, 6.45) is 3.56. The lowest BCUT2D eigenvalue weighted by atomic mass is 9.94. The van der Waals surface area contributed by atoms with Crippen molar-refractivity contribution in [2.45, 2.75) is 37.8 Å². The van der Waals surface area contributed by atoms with Crippen LogP contribution in [-0.4, -0.2) is 40.0 Å². The summed E-state index contributed by atoms with van der Waals surface area (Å²) in [6.45, 7) is 0. The quantitative estimate of drug-likeness (QED) is 0.492. The molecule has 170 valence electrons. The maximum absolute atomic E-state index is 13.7. The number of ketones is 1. The van der Waals surface area contributed by atoms with Crippen molar-refractivity contribution in [1.29, 1.82) is 0 Å². The molecule has 7 nitrogen and oxygen atoms in total. The Morgan fingerprint density at radius 2 is 1.82 bits per heavy atom. The second-order valence-electron chi connectivity index (χ2n) is 8.37. The second kappa shape index (κ2) is 8.15. The van der Waals surface area contributed by atoms with E-state index in [0.29, 0.717) is 27.3 Å². The van der Waals surface area contributed by atoms with Crippen LogP contribution in [0, 0.1) is 0 Å². The molecule has 33 heavy (non-hydrogen) atoms. The van der Waals surface area contributed by atoms with Crippen LogP contribution in [0.15, 0.2) is 58.2 Å². The first kappa shape index (κ1) is 21.4. The van der Waals surface area contributed by atoms with Crippen LogP contribution >= 0.6 is 11.6 Å². The van der Waals surface area contributed by atoms with Gasteiger partial charge in [-0.05, 0) is 42.7 Å². The third-order valence-electron chi connectivity index (χ3n) is 6.41. The van der Waals surface area contributed by atoms with Crippen molar-refractivity contribution in [3.05, 3.63) is 70.1 Å². The number of fused-ring (bicyclic) bond motifs is 1. The van der Waals surface area contributed by atoms with Gasteiger partial charge in [0.25, 0.3) is 5.91 Å². The fourth-order valence-corrected chi connectivity index (χ4v) is 5.10. The maximum Gasteiger partial charge on any atom is 0.290 e. The zero-order valence-electron chi connectivity index (χ0n) is 17.9. The molecule has 1 fully saturated rings. The summed E-state index contributed by atoms with van der Waals surface area (Å²) in [5, 5.41) is 21.6. The molecule has 0 radical (unpaired) electrons. The predicted octanol–water partition coefficient (Wildman–Crippen LogP) is 5.32. The summed E-state index contributed by atoms with van der Waals surface area (Å²) < 4.78 is 11.1. The van der Waals surface area contributed by atoms with Crippen molar-refractivity contribution in [2.24, 2.45) is 0 Å². The van der Waals surface area contributed by atoms with Crippen LogP contribution in [0.3, 0.4) is 0 Å². The smallest absolute Gasteiger partial charge is 0.290 e. The molecular weight excluding hydrogens is 446 g/mol. The van der Waals surface area contributed by atoms with Gasteiger partial charge in [-0.15, -0.1) is 0 Å². The van der Waals surface area contributed by atoms with Gasteiger partial charge in [0.2, 0.25) is 5.78 Å². The molecule has 0 saturated heterocycles. The van der Waals surface area contributed by atoms with Gasteiger partial charge in [-0.1, -0.05) is 36.6 Å². The van der Waals surface area contributed by atoms with Crippen LogP contribution in [0.4, 0.5) is 0 Å². The SMILES string of the molecule is COc1cc(Cl)cc2cc(C(=O)C3=C(O)C(=O)N(C4CCCC4)C3c3ccc(O)cc3)oc12. The highest BCUT2D eigenvalue weighted by molar-refractivity contribution is 6.31. The Labute approximate surface area is 194 Å². The number of Topliss-reactive ketones (excluding diaryl/α,β-unsaturated/α-hetero) is 1. The number of phenols is 1. The van der Waals surface area contributed by atoms with Crippen molar-refractivity contribution >= 4 is 34.3 Å². The standard InChI is InChI=1S/C25H22ClNO6/c1-32-19-12-15(26)10-14-11-18(33-24(14)19)22(29)20-21(13-6-8-17(28)9-7-13)27(25(31)23(20)30)16-4-2-3-5-16/h6-12,16,21,28,30H,2-5H2,1H3. The molecule has 1 atom stereocenters. The van der Waals surface area contributed by atoms with Crippen molar-refractivity contribution in [3.8, 4) is 11.5 Å².